The monoisotopic (exact) mass is 403 g/mol. The minimum atomic E-state index is -0.647. The van der Waals surface area contributed by atoms with E-state index in [1.54, 1.807) is 6.07 Å². The number of benzene rings is 3. The van der Waals surface area contributed by atoms with Gasteiger partial charge in [-0.05, 0) is 41.1 Å². The summed E-state index contributed by atoms with van der Waals surface area (Å²) >= 11 is 0. The fourth-order valence-electron chi connectivity index (χ4n) is 3.27. The largest absolute Gasteiger partial charge is 0.465 e. The van der Waals surface area contributed by atoms with Crippen LogP contribution >= 0.6 is 0 Å². The van der Waals surface area contributed by atoms with Gasteiger partial charge in [-0.3, -0.25) is 4.79 Å². The summed E-state index contributed by atoms with van der Waals surface area (Å²) < 4.78 is 15.1. The van der Waals surface area contributed by atoms with Gasteiger partial charge >= 0.3 is 11.9 Å². The Labute approximate surface area is 171 Å². The molecule has 0 bridgehead atoms. The van der Waals surface area contributed by atoms with Crippen LogP contribution in [0.4, 0.5) is 5.69 Å². The fraction of sp³-hybridized carbons (Fsp3) is 0.0870. The molecule has 1 heterocycles. The molecule has 0 aliphatic carbocycles. The molecule has 1 N–H and O–H groups in total. The van der Waals surface area contributed by atoms with Crippen molar-refractivity contribution in [3.05, 3.63) is 77.6 Å². The Balaban J connectivity index is 1.70. The average molecular weight is 403 g/mol. The number of carbonyl (C=O) groups is 3. The van der Waals surface area contributed by atoms with Crippen molar-refractivity contribution in [2.75, 3.05) is 19.5 Å². The topological polar surface area (TPSA) is 94.8 Å². The van der Waals surface area contributed by atoms with E-state index < -0.39 is 17.8 Å². The van der Waals surface area contributed by atoms with Gasteiger partial charge in [0.2, 0.25) is 0 Å². The molecule has 0 radical (unpaired) electrons. The summed E-state index contributed by atoms with van der Waals surface area (Å²) in [5, 5.41) is 5.48. The molecule has 0 aliphatic heterocycles. The smallest absolute Gasteiger partial charge is 0.337 e. The summed E-state index contributed by atoms with van der Waals surface area (Å²) in [4.78, 5) is 36.6. The first-order valence-corrected chi connectivity index (χ1v) is 9.04. The minimum absolute atomic E-state index is 0.101. The Kier molecular flexibility index (Phi) is 4.93. The standard InChI is InChI=1S/C23H17NO6/c1-28-22(26)14-9-15(23(27)29-2)11-16(10-14)24-21(25)20-12-18-17-6-4-3-5-13(17)7-8-19(18)30-20/h3-12H,1-2H3,(H,24,25). The predicted molar refractivity (Wildman–Crippen MR) is 111 cm³/mol. The highest BCUT2D eigenvalue weighted by atomic mass is 16.5. The molecule has 30 heavy (non-hydrogen) atoms. The first-order chi connectivity index (χ1) is 14.5. The van der Waals surface area contributed by atoms with E-state index in [0.717, 1.165) is 16.2 Å². The second-order valence-corrected chi connectivity index (χ2v) is 6.55. The number of ether oxygens (including phenoxy) is 2. The van der Waals surface area contributed by atoms with Crippen LogP contribution < -0.4 is 5.32 Å². The van der Waals surface area contributed by atoms with Gasteiger partial charge in [-0.25, -0.2) is 9.59 Å². The summed E-state index contributed by atoms with van der Waals surface area (Å²) in [6, 6.07) is 17.3. The third kappa shape index (κ3) is 3.48. The lowest BCUT2D eigenvalue weighted by molar-refractivity contribution is 0.0599. The van der Waals surface area contributed by atoms with Crippen molar-refractivity contribution in [2.45, 2.75) is 0 Å². The summed E-state index contributed by atoms with van der Waals surface area (Å²) in [5.74, 6) is -1.71. The van der Waals surface area contributed by atoms with Crippen LogP contribution in [0.25, 0.3) is 21.7 Å². The minimum Gasteiger partial charge on any atom is -0.465 e. The van der Waals surface area contributed by atoms with Crippen LogP contribution in [0.1, 0.15) is 31.3 Å². The Morgan fingerprint density at radius 3 is 2.13 bits per heavy atom. The Morgan fingerprint density at radius 1 is 0.800 bits per heavy atom. The number of rotatable bonds is 4. The van der Waals surface area contributed by atoms with Crippen molar-refractivity contribution in [2.24, 2.45) is 0 Å². The van der Waals surface area contributed by atoms with E-state index in [0.29, 0.717) is 5.58 Å². The fourth-order valence-corrected chi connectivity index (χ4v) is 3.27. The van der Waals surface area contributed by atoms with Gasteiger partial charge in [0.15, 0.2) is 5.76 Å². The molecule has 0 saturated carbocycles. The van der Waals surface area contributed by atoms with Crippen molar-refractivity contribution in [3.8, 4) is 0 Å². The molecule has 3 aromatic carbocycles. The quantitative estimate of drug-likeness (QED) is 0.507. The van der Waals surface area contributed by atoms with Gasteiger partial charge in [-0.1, -0.05) is 30.3 Å². The first-order valence-electron chi connectivity index (χ1n) is 9.04. The lowest BCUT2D eigenvalue weighted by atomic mass is 10.1. The van der Waals surface area contributed by atoms with Gasteiger partial charge in [0, 0.05) is 11.1 Å². The SMILES string of the molecule is COC(=O)c1cc(NC(=O)c2cc3c(ccc4ccccc43)o2)cc(C(=O)OC)c1. The van der Waals surface area contributed by atoms with Crippen LogP contribution in [0.5, 0.6) is 0 Å². The molecular formula is C23H17NO6. The van der Waals surface area contributed by atoms with Gasteiger partial charge in [-0.15, -0.1) is 0 Å². The van der Waals surface area contributed by atoms with Crippen molar-refractivity contribution < 1.29 is 28.3 Å². The van der Waals surface area contributed by atoms with Crippen LogP contribution in [-0.4, -0.2) is 32.1 Å². The van der Waals surface area contributed by atoms with Crippen molar-refractivity contribution in [3.63, 3.8) is 0 Å². The highest BCUT2D eigenvalue weighted by Crippen LogP contribution is 2.28. The summed E-state index contributed by atoms with van der Waals surface area (Å²) in [7, 11) is 2.45. The lowest BCUT2D eigenvalue weighted by Gasteiger charge is -2.08. The van der Waals surface area contributed by atoms with E-state index >= 15 is 0 Å². The van der Waals surface area contributed by atoms with E-state index in [1.807, 2.05) is 36.4 Å². The van der Waals surface area contributed by atoms with E-state index in [-0.39, 0.29) is 22.6 Å². The number of hydrogen-bond donors (Lipinski definition) is 1. The number of amides is 1. The van der Waals surface area contributed by atoms with Crippen LogP contribution in [-0.2, 0) is 9.47 Å². The highest BCUT2D eigenvalue weighted by Gasteiger charge is 2.18. The number of anilines is 1. The van der Waals surface area contributed by atoms with Gasteiger partial charge in [0.1, 0.15) is 5.58 Å². The van der Waals surface area contributed by atoms with E-state index in [4.69, 9.17) is 13.9 Å². The Bertz CT molecular complexity index is 1270. The number of esters is 2. The third-order valence-corrected chi connectivity index (χ3v) is 4.68. The highest BCUT2D eigenvalue weighted by molar-refractivity contribution is 6.11. The predicted octanol–water partition coefficient (Wildman–Crippen LogP) is 4.41. The first kappa shape index (κ1) is 19.2. The van der Waals surface area contributed by atoms with Crippen LogP contribution in [0.2, 0.25) is 0 Å². The van der Waals surface area contributed by atoms with Gasteiger partial charge < -0.3 is 19.2 Å². The maximum Gasteiger partial charge on any atom is 0.337 e. The zero-order valence-corrected chi connectivity index (χ0v) is 16.2. The van der Waals surface area contributed by atoms with E-state index in [9.17, 15) is 14.4 Å². The second-order valence-electron chi connectivity index (χ2n) is 6.55. The van der Waals surface area contributed by atoms with Gasteiger partial charge in [0.05, 0.1) is 25.3 Å². The van der Waals surface area contributed by atoms with Gasteiger partial charge in [0.25, 0.3) is 5.91 Å². The number of methoxy groups -OCH3 is 2. The Hall–Kier alpha value is -4.13. The zero-order chi connectivity index (χ0) is 21.3. The maximum atomic E-state index is 12.8. The van der Waals surface area contributed by atoms with Crippen molar-refractivity contribution in [1.29, 1.82) is 0 Å². The zero-order valence-electron chi connectivity index (χ0n) is 16.2. The molecule has 0 aliphatic rings. The molecule has 0 atom stereocenters. The molecule has 150 valence electrons. The molecule has 1 amide bonds. The molecule has 7 heteroatoms. The number of carbonyl (C=O) groups excluding carboxylic acids is 3. The molecule has 0 spiro atoms. The lowest BCUT2D eigenvalue weighted by Crippen LogP contribution is -2.13. The second kappa shape index (κ2) is 7.71. The van der Waals surface area contributed by atoms with E-state index in [2.05, 4.69) is 5.32 Å². The average Bonchev–Trinajstić information content (AvgIpc) is 3.23. The number of hydrogen-bond acceptors (Lipinski definition) is 6. The van der Waals surface area contributed by atoms with Crippen LogP contribution in [0, 0.1) is 0 Å². The van der Waals surface area contributed by atoms with Crippen LogP contribution in [0.15, 0.2) is 65.1 Å². The molecule has 4 aromatic rings. The summed E-state index contributed by atoms with van der Waals surface area (Å²) in [6.07, 6.45) is 0. The number of fused-ring (bicyclic) bond motifs is 3. The Morgan fingerprint density at radius 2 is 1.47 bits per heavy atom. The van der Waals surface area contributed by atoms with Crippen LogP contribution in [0.3, 0.4) is 0 Å². The molecular weight excluding hydrogens is 386 g/mol. The molecule has 0 unspecified atom stereocenters. The van der Waals surface area contributed by atoms with Crippen molar-refractivity contribution in [1.82, 2.24) is 0 Å². The molecule has 4 rings (SSSR count). The summed E-state index contributed by atoms with van der Waals surface area (Å²) in [6.45, 7) is 0. The van der Waals surface area contributed by atoms with E-state index in [1.165, 1.54) is 32.4 Å². The number of furan rings is 1. The normalized spacial score (nSPS) is 10.7. The molecule has 0 saturated heterocycles. The molecule has 7 nitrogen and oxygen atoms in total. The molecule has 0 fully saturated rings. The summed E-state index contributed by atoms with van der Waals surface area (Å²) in [5.41, 5.74) is 1.02. The van der Waals surface area contributed by atoms with Crippen molar-refractivity contribution >= 4 is 45.3 Å². The maximum absolute atomic E-state index is 12.8. The molecule has 1 aromatic heterocycles. The third-order valence-electron chi connectivity index (χ3n) is 4.68. The number of nitrogens with one attached hydrogen (secondary N) is 1. The van der Waals surface area contributed by atoms with Gasteiger partial charge in [-0.2, -0.15) is 0 Å².